The smallest absolute Gasteiger partial charge is 0.281 e. The maximum absolute atomic E-state index is 13.3. The molecule has 1 aliphatic rings. The molecule has 0 saturated heterocycles. The van der Waals surface area contributed by atoms with Crippen LogP contribution in [0, 0.1) is 0 Å². The lowest BCUT2D eigenvalue weighted by Crippen LogP contribution is -2.21. The highest BCUT2D eigenvalue weighted by Gasteiger charge is 2.32. The van der Waals surface area contributed by atoms with Crippen molar-refractivity contribution >= 4 is 23.4 Å². The fourth-order valence-electron chi connectivity index (χ4n) is 3.13. The summed E-state index contributed by atoms with van der Waals surface area (Å²) < 4.78 is 5.76. The van der Waals surface area contributed by atoms with Crippen LogP contribution in [0.1, 0.15) is 11.1 Å². The van der Waals surface area contributed by atoms with E-state index >= 15 is 0 Å². The Bertz CT molecular complexity index is 1090. The second-order valence-corrected chi connectivity index (χ2v) is 6.46. The van der Waals surface area contributed by atoms with Crippen LogP contribution in [0.4, 0.5) is 5.69 Å². The number of carbonyl (C=O) groups excluding carboxylic acids is 1. The van der Waals surface area contributed by atoms with Gasteiger partial charge in [-0.15, -0.1) is 0 Å². The van der Waals surface area contributed by atoms with Gasteiger partial charge < -0.3 is 4.74 Å². The Morgan fingerprint density at radius 2 is 1.55 bits per heavy atom. The van der Waals surface area contributed by atoms with Crippen LogP contribution in [0.5, 0.6) is 5.75 Å². The molecule has 29 heavy (non-hydrogen) atoms. The van der Waals surface area contributed by atoms with Crippen molar-refractivity contribution in [3.63, 3.8) is 0 Å². The summed E-state index contributed by atoms with van der Waals surface area (Å²) in [6.07, 6.45) is 3.54. The monoisotopic (exact) mass is 380 g/mol. The van der Waals surface area contributed by atoms with Crippen molar-refractivity contribution in [2.45, 2.75) is 0 Å². The molecule has 0 N–H and O–H groups in total. The average molecular weight is 380 g/mol. The molecule has 0 unspecified atom stereocenters. The van der Waals surface area contributed by atoms with Gasteiger partial charge in [0.1, 0.15) is 18.1 Å². The van der Waals surface area contributed by atoms with Crippen molar-refractivity contribution in [3.05, 3.63) is 114 Å². The van der Waals surface area contributed by atoms with Crippen LogP contribution in [-0.4, -0.2) is 18.2 Å². The molecule has 142 valence electrons. The molecule has 4 nitrogen and oxygen atoms in total. The van der Waals surface area contributed by atoms with Crippen LogP contribution in [0.15, 0.2) is 108 Å². The van der Waals surface area contributed by atoms with Crippen molar-refractivity contribution in [2.75, 3.05) is 11.6 Å². The van der Waals surface area contributed by atoms with Gasteiger partial charge in [0, 0.05) is 11.1 Å². The molecule has 0 aromatic heterocycles. The van der Waals surface area contributed by atoms with Crippen molar-refractivity contribution < 1.29 is 9.53 Å². The van der Waals surface area contributed by atoms with Gasteiger partial charge in [0.2, 0.25) is 0 Å². The number of amides is 1. The first kappa shape index (κ1) is 18.4. The molecule has 0 bridgehead atoms. The summed E-state index contributed by atoms with van der Waals surface area (Å²) in [6.45, 7) is 4.09. The van der Waals surface area contributed by atoms with Gasteiger partial charge in [-0.25, -0.2) is 0 Å². The normalized spacial score (nSPS) is 14.8. The zero-order valence-electron chi connectivity index (χ0n) is 15.9. The molecule has 1 amide bonds. The number of nitrogens with zero attached hydrogens (tertiary/aromatic N) is 2. The highest BCUT2D eigenvalue weighted by molar-refractivity contribution is 6.37. The third kappa shape index (κ3) is 3.87. The van der Waals surface area contributed by atoms with Crippen molar-refractivity contribution in [1.82, 2.24) is 0 Å². The number of ether oxygens (including phenoxy) is 1. The van der Waals surface area contributed by atoms with Crippen molar-refractivity contribution in [1.29, 1.82) is 0 Å². The van der Waals surface area contributed by atoms with Crippen LogP contribution in [0.2, 0.25) is 0 Å². The fourth-order valence-corrected chi connectivity index (χ4v) is 3.13. The first-order valence-electron chi connectivity index (χ1n) is 9.36. The van der Waals surface area contributed by atoms with Crippen LogP contribution in [0.3, 0.4) is 0 Å². The van der Waals surface area contributed by atoms with E-state index < -0.39 is 0 Å². The van der Waals surface area contributed by atoms with E-state index in [1.807, 2.05) is 91.0 Å². The predicted octanol–water partition coefficient (Wildman–Crippen LogP) is 5.09. The van der Waals surface area contributed by atoms with E-state index in [2.05, 4.69) is 11.7 Å². The summed E-state index contributed by atoms with van der Waals surface area (Å²) in [5, 5.41) is 6.10. The molecule has 4 heteroatoms. The lowest BCUT2D eigenvalue weighted by molar-refractivity contribution is -0.114. The van der Waals surface area contributed by atoms with Gasteiger partial charge in [-0.05, 0) is 24.3 Å². The van der Waals surface area contributed by atoms with Crippen LogP contribution in [0.25, 0.3) is 6.08 Å². The van der Waals surface area contributed by atoms with Crippen molar-refractivity contribution in [2.24, 2.45) is 5.10 Å². The number of carbonyl (C=O) groups is 1. The number of hydrogen-bond donors (Lipinski definition) is 0. The zero-order chi connectivity index (χ0) is 20.1. The van der Waals surface area contributed by atoms with Gasteiger partial charge in [-0.1, -0.05) is 79.4 Å². The summed E-state index contributed by atoms with van der Waals surface area (Å²) in [7, 11) is 0. The molecule has 1 aliphatic heterocycles. The van der Waals surface area contributed by atoms with E-state index in [4.69, 9.17) is 4.74 Å². The highest BCUT2D eigenvalue weighted by Crippen LogP contribution is 2.29. The predicted molar refractivity (Wildman–Crippen MR) is 117 cm³/mol. The van der Waals surface area contributed by atoms with Crippen LogP contribution >= 0.6 is 0 Å². The van der Waals surface area contributed by atoms with Crippen molar-refractivity contribution in [3.8, 4) is 5.75 Å². The van der Waals surface area contributed by atoms with Gasteiger partial charge in [-0.3, -0.25) is 4.79 Å². The number of hydrogen-bond acceptors (Lipinski definition) is 3. The Kier molecular flexibility index (Phi) is 5.34. The van der Waals surface area contributed by atoms with Gasteiger partial charge >= 0.3 is 0 Å². The molecule has 1 heterocycles. The Hall–Kier alpha value is -3.92. The third-order valence-corrected chi connectivity index (χ3v) is 4.50. The quantitative estimate of drug-likeness (QED) is 0.442. The molecular formula is C25H20N2O2. The van der Waals surface area contributed by atoms with E-state index in [1.165, 1.54) is 5.01 Å². The maximum atomic E-state index is 13.3. The Balaban J connectivity index is 1.81. The van der Waals surface area contributed by atoms with E-state index in [1.54, 1.807) is 6.08 Å². The van der Waals surface area contributed by atoms with Gasteiger partial charge in [-0.2, -0.15) is 10.1 Å². The minimum atomic E-state index is -0.173. The molecule has 0 fully saturated rings. The summed E-state index contributed by atoms with van der Waals surface area (Å²) in [6, 6.07) is 26.8. The number of para-hydroxylation sites is 2. The van der Waals surface area contributed by atoms with Gasteiger partial charge in [0.25, 0.3) is 5.91 Å². The minimum Gasteiger partial charge on any atom is -0.489 e. The highest BCUT2D eigenvalue weighted by atomic mass is 16.5. The first-order chi connectivity index (χ1) is 14.3. The molecule has 4 rings (SSSR count). The van der Waals surface area contributed by atoms with E-state index in [0.29, 0.717) is 23.6 Å². The number of hydrazone groups is 1. The van der Waals surface area contributed by atoms with E-state index in [0.717, 1.165) is 16.8 Å². The summed E-state index contributed by atoms with van der Waals surface area (Å²) in [5.41, 5.74) is 3.59. The van der Waals surface area contributed by atoms with E-state index in [-0.39, 0.29) is 5.91 Å². The van der Waals surface area contributed by atoms with Gasteiger partial charge in [0.15, 0.2) is 0 Å². The molecule has 3 aromatic rings. The molecule has 0 radical (unpaired) electrons. The third-order valence-electron chi connectivity index (χ3n) is 4.50. The molecule has 0 atom stereocenters. The SMILES string of the molecule is C=CCOc1ccccc1C=C1C(=O)N(c2ccccc2)N=C1c1ccccc1. The second-order valence-electron chi connectivity index (χ2n) is 6.46. The van der Waals surface area contributed by atoms with Crippen LogP contribution < -0.4 is 9.75 Å². The fraction of sp³-hybridized carbons (Fsp3) is 0.0400. The standard InChI is InChI=1S/C25H20N2O2/c1-2-17-29-23-16-10-9-13-20(23)18-22-24(19-11-5-3-6-12-19)26-27(25(22)28)21-14-7-4-8-15-21/h2-16,18H,1,17H2. The second kappa shape index (κ2) is 8.40. The van der Waals surface area contributed by atoms with E-state index in [9.17, 15) is 4.79 Å². The number of benzene rings is 3. The average Bonchev–Trinajstić information content (AvgIpc) is 3.10. The first-order valence-corrected chi connectivity index (χ1v) is 9.36. The lowest BCUT2D eigenvalue weighted by atomic mass is 10.00. The molecule has 0 saturated carbocycles. The largest absolute Gasteiger partial charge is 0.489 e. The topological polar surface area (TPSA) is 41.9 Å². The Morgan fingerprint density at radius 1 is 0.897 bits per heavy atom. The van der Waals surface area contributed by atoms with Crippen LogP contribution in [-0.2, 0) is 4.79 Å². The molecular weight excluding hydrogens is 360 g/mol. The minimum absolute atomic E-state index is 0.173. The lowest BCUT2D eigenvalue weighted by Gasteiger charge is -2.11. The Labute approximate surface area is 170 Å². The molecule has 0 aliphatic carbocycles. The molecule has 0 spiro atoms. The zero-order valence-corrected chi connectivity index (χ0v) is 15.9. The summed E-state index contributed by atoms with van der Waals surface area (Å²) in [5.74, 6) is 0.520. The number of anilines is 1. The summed E-state index contributed by atoms with van der Waals surface area (Å²) in [4.78, 5) is 13.3. The Morgan fingerprint density at radius 3 is 2.28 bits per heavy atom. The summed E-state index contributed by atoms with van der Waals surface area (Å²) >= 11 is 0. The number of rotatable bonds is 6. The van der Waals surface area contributed by atoms with Gasteiger partial charge in [0.05, 0.1) is 11.3 Å². The molecule has 3 aromatic carbocycles. The maximum Gasteiger partial charge on any atom is 0.281 e.